The van der Waals surface area contributed by atoms with Crippen LogP contribution >= 0.6 is 37.2 Å². The van der Waals surface area contributed by atoms with E-state index in [9.17, 15) is 9.59 Å². The molecule has 0 atom stereocenters. The van der Waals surface area contributed by atoms with Crippen LogP contribution in [0.5, 0.6) is 0 Å². The van der Waals surface area contributed by atoms with E-state index in [0.717, 1.165) is 49.2 Å². The molecule has 188 valence electrons. The molecule has 3 heterocycles. The summed E-state index contributed by atoms with van der Waals surface area (Å²) in [6.07, 6.45) is 2.16. The second-order valence-electron chi connectivity index (χ2n) is 8.24. The Kier molecular flexibility index (Phi) is 10.0. The molecule has 5 rings (SSSR count). The topological polar surface area (TPSA) is 91.7 Å². The van der Waals surface area contributed by atoms with Crippen LogP contribution in [0.15, 0.2) is 24.3 Å². The first-order chi connectivity index (χ1) is 15.1. The SMILES string of the molecule is CCOC(=O)n1nc(NC(=O)c2ccc(N3CCN(C4CC4)CC3)cc2)c2c1CNC2.Cl.Cl.Cl. The fraction of sp³-hybridized carbons (Fsp3) is 0.500. The molecule has 0 unspecified atom stereocenters. The van der Waals surface area contributed by atoms with E-state index < -0.39 is 6.09 Å². The molecule has 2 aromatic rings. The zero-order valence-corrected chi connectivity index (χ0v) is 21.4. The van der Waals surface area contributed by atoms with Crippen LogP contribution in [-0.2, 0) is 17.8 Å². The van der Waals surface area contributed by atoms with E-state index >= 15 is 0 Å². The zero-order valence-electron chi connectivity index (χ0n) is 19.0. The Morgan fingerprint density at radius 1 is 1.06 bits per heavy atom. The largest absolute Gasteiger partial charge is 0.448 e. The Balaban J connectivity index is 0.00000136. The van der Waals surface area contributed by atoms with E-state index in [1.807, 2.05) is 24.3 Å². The van der Waals surface area contributed by atoms with Crippen molar-refractivity contribution in [2.75, 3.05) is 43.0 Å². The molecule has 1 aliphatic carbocycles. The molecule has 0 bridgehead atoms. The van der Waals surface area contributed by atoms with Gasteiger partial charge in [0.1, 0.15) is 0 Å². The highest BCUT2D eigenvalue weighted by molar-refractivity contribution is 6.04. The van der Waals surface area contributed by atoms with Gasteiger partial charge in [-0.1, -0.05) is 0 Å². The average molecular weight is 534 g/mol. The number of anilines is 2. The number of fused-ring (bicyclic) bond motifs is 1. The molecule has 2 aliphatic heterocycles. The van der Waals surface area contributed by atoms with Crippen LogP contribution in [0, 0.1) is 0 Å². The summed E-state index contributed by atoms with van der Waals surface area (Å²) >= 11 is 0. The van der Waals surface area contributed by atoms with Gasteiger partial charge in [0.2, 0.25) is 0 Å². The lowest BCUT2D eigenvalue weighted by Gasteiger charge is -2.36. The van der Waals surface area contributed by atoms with E-state index in [1.165, 1.54) is 17.5 Å². The summed E-state index contributed by atoms with van der Waals surface area (Å²) in [7, 11) is 0. The number of nitrogens with one attached hydrogen (secondary N) is 2. The smallest absolute Gasteiger partial charge is 0.435 e. The maximum absolute atomic E-state index is 12.8. The van der Waals surface area contributed by atoms with Gasteiger partial charge in [-0.05, 0) is 44.0 Å². The van der Waals surface area contributed by atoms with Gasteiger partial charge in [-0.3, -0.25) is 9.69 Å². The van der Waals surface area contributed by atoms with Gasteiger partial charge in [0, 0.05) is 62.1 Å². The lowest BCUT2D eigenvalue weighted by atomic mass is 10.1. The number of nitrogens with zero attached hydrogens (tertiary/aromatic N) is 4. The van der Waals surface area contributed by atoms with Crippen molar-refractivity contribution in [2.24, 2.45) is 0 Å². The molecule has 2 N–H and O–H groups in total. The normalized spacial score (nSPS) is 17.0. The fourth-order valence-electron chi connectivity index (χ4n) is 4.38. The number of rotatable bonds is 5. The summed E-state index contributed by atoms with van der Waals surface area (Å²) in [5.74, 6) is 0.159. The third-order valence-corrected chi connectivity index (χ3v) is 6.23. The van der Waals surface area contributed by atoms with Gasteiger partial charge in [0.15, 0.2) is 5.82 Å². The Morgan fingerprint density at radius 2 is 1.74 bits per heavy atom. The minimum atomic E-state index is -0.533. The summed E-state index contributed by atoms with van der Waals surface area (Å²) in [5, 5.41) is 10.3. The Morgan fingerprint density at radius 3 is 2.35 bits per heavy atom. The number of amides is 1. The Bertz CT molecular complexity index is 989. The second kappa shape index (κ2) is 12.1. The molecule has 0 spiro atoms. The number of carbonyl (C=O) groups is 2. The predicted molar refractivity (Wildman–Crippen MR) is 138 cm³/mol. The summed E-state index contributed by atoms with van der Waals surface area (Å²) in [6, 6.07) is 8.52. The number of benzene rings is 1. The molecule has 1 amide bonds. The molecule has 34 heavy (non-hydrogen) atoms. The zero-order chi connectivity index (χ0) is 21.4. The number of hydrogen-bond donors (Lipinski definition) is 2. The quantitative estimate of drug-likeness (QED) is 0.609. The lowest BCUT2D eigenvalue weighted by Crippen LogP contribution is -2.47. The van der Waals surface area contributed by atoms with Crippen molar-refractivity contribution in [3.8, 4) is 0 Å². The molecule has 1 saturated carbocycles. The third-order valence-electron chi connectivity index (χ3n) is 6.23. The molecule has 3 aliphatic rings. The number of carbonyl (C=O) groups excluding carboxylic acids is 2. The van der Waals surface area contributed by atoms with Crippen molar-refractivity contribution in [1.29, 1.82) is 0 Å². The highest BCUT2D eigenvalue weighted by Gasteiger charge is 2.31. The highest BCUT2D eigenvalue weighted by Crippen LogP contribution is 2.29. The number of aromatic nitrogens is 2. The average Bonchev–Trinajstić information content (AvgIpc) is 3.43. The molecular weight excluding hydrogens is 503 g/mol. The molecule has 1 saturated heterocycles. The van der Waals surface area contributed by atoms with E-state index in [0.29, 0.717) is 24.5 Å². The Labute approximate surface area is 217 Å². The summed E-state index contributed by atoms with van der Waals surface area (Å²) in [6.45, 7) is 7.34. The molecular formula is C22H31Cl3N6O3. The van der Waals surface area contributed by atoms with Crippen molar-refractivity contribution >= 4 is 60.7 Å². The number of halogens is 3. The van der Waals surface area contributed by atoms with Gasteiger partial charge in [-0.2, -0.15) is 4.68 Å². The third kappa shape index (κ3) is 5.78. The van der Waals surface area contributed by atoms with Crippen LogP contribution in [0.2, 0.25) is 0 Å². The van der Waals surface area contributed by atoms with Crippen LogP contribution in [0.1, 0.15) is 41.4 Å². The first kappa shape index (κ1) is 28.2. The van der Waals surface area contributed by atoms with Crippen molar-refractivity contribution in [1.82, 2.24) is 20.0 Å². The second-order valence-corrected chi connectivity index (χ2v) is 8.24. The lowest BCUT2D eigenvalue weighted by molar-refractivity contribution is 0.102. The summed E-state index contributed by atoms with van der Waals surface area (Å²) in [4.78, 5) is 29.9. The van der Waals surface area contributed by atoms with Crippen LogP contribution < -0.4 is 15.5 Å². The van der Waals surface area contributed by atoms with Crippen molar-refractivity contribution < 1.29 is 14.3 Å². The molecule has 1 aromatic carbocycles. The van der Waals surface area contributed by atoms with Crippen LogP contribution in [-0.4, -0.2) is 65.5 Å². The van der Waals surface area contributed by atoms with Crippen LogP contribution in [0.25, 0.3) is 0 Å². The van der Waals surface area contributed by atoms with E-state index in [2.05, 4.69) is 25.5 Å². The fourth-order valence-corrected chi connectivity index (χ4v) is 4.38. The van der Waals surface area contributed by atoms with Gasteiger partial charge in [-0.15, -0.1) is 42.3 Å². The molecule has 1 aromatic heterocycles. The monoisotopic (exact) mass is 532 g/mol. The van der Waals surface area contributed by atoms with Gasteiger partial charge in [0.25, 0.3) is 5.91 Å². The van der Waals surface area contributed by atoms with Gasteiger partial charge in [-0.25, -0.2) is 4.79 Å². The van der Waals surface area contributed by atoms with Gasteiger partial charge < -0.3 is 20.3 Å². The maximum Gasteiger partial charge on any atom is 0.435 e. The number of hydrogen-bond acceptors (Lipinski definition) is 7. The highest BCUT2D eigenvalue weighted by atomic mass is 35.5. The maximum atomic E-state index is 12.8. The van der Waals surface area contributed by atoms with E-state index in [-0.39, 0.29) is 49.7 Å². The van der Waals surface area contributed by atoms with Crippen molar-refractivity contribution in [2.45, 2.75) is 38.9 Å². The minimum Gasteiger partial charge on any atom is -0.448 e. The summed E-state index contributed by atoms with van der Waals surface area (Å²) < 4.78 is 6.30. The number of ether oxygens (including phenoxy) is 1. The molecule has 12 heteroatoms. The van der Waals surface area contributed by atoms with Gasteiger partial charge >= 0.3 is 6.09 Å². The molecule has 2 fully saturated rings. The van der Waals surface area contributed by atoms with Crippen LogP contribution in [0.4, 0.5) is 16.3 Å². The van der Waals surface area contributed by atoms with E-state index in [1.54, 1.807) is 6.92 Å². The number of piperazine rings is 1. The van der Waals surface area contributed by atoms with Crippen LogP contribution in [0.3, 0.4) is 0 Å². The van der Waals surface area contributed by atoms with Crippen molar-refractivity contribution in [3.63, 3.8) is 0 Å². The minimum absolute atomic E-state index is 0. The van der Waals surface area contributed by atoms with Crippen molar-refractivity contribution in [3.05, 3.63) is 41.1 Å². The Hall–Kier alpha value is -2.04. The standard InChI is InChI=1S/C22H28N6O3.3ClH/c1-2-31-22(30)28-19-14-23-13-18(19)20(25-28)24-21(29)15-3-5-16(6-4-15)26-9-11-27(12-10-26)17-7-8-17;;;/h3-6,17,23H,2,7-14H2,1H3,(H,24,25,29);3*1H. The first-order valence-electron chi connectivity index (χ1n) is 11.0. The molecule has 9 nitrogen and oxygen atoms in total. The first-order valence-corrected chi connectivity index (χ1v) is 11.0. The van der Waals surface area contributed by atoms with E-state index in [4.69, 9.17) is 4.74 Å². The molecule has 0 radical (unpaired) electrons. The predicted octanol–water partition coefficient (Wildman–Crippen LogP) is 3.29. The summed E-state index contributed by atoms with van der Waals surface area (Å²) in [5.41, 5.74) is 3.26. The van der Waals surface area contributed by atoms with Gasteiger partial charge in [0.05, 0.1) is 12.3 Å².